The van der Waals surface area contributed by atoms with Crippen molar-refractivity contribution in [3.8, 4) is 5.75 Å². The highest BCUT2D eigenvalue weighted by Crippen LogP contribution is 2.28. The lowest BCUT2D eigenvalue weighted by Gasteiger charge is -2.13. The van der Waals surface area contributed by atoms with Crippen LogP contribution in [-0.2, 0) is 9.53 Å². The Bertz CT molecular complexity index is 856. The average molecular weight is 394 g/mol. The van der Waals surface area contributed by atoms with Gasteiger partial charge in [0.1, 0.15) is 5.82 Å². The third-order valence-electron chi connectivity index (χ3n) is 3.32. The number of hydrogen-bond donors (Lipinski definition) is 1. The summed E-state index contributed by atoms with van der Waals surface area (Å²) in [5.74, 6) is -1.21. The molecule has 1 N–H and O–H groups in total. The number of rotatable bonds is 7. The van der Waals surface area contributed by atoms with Crippen molar-refractivity contribution in [3.05, 3.63) is 57.2 Å². The Balaban J connectivity index is 2.06. The molecule has 10 heteroatoms. The molecule has 0 aliphatic heterocycles. The number of nitrogens with zero attached hydrogens (tertiary/aromatic N) is 2. The summed E-state index contributed by atoms with van der Waals surface area (Å²) >= 11 is 5.71. The first-order chi connectivity index (χ1) is 12.8. The topological polar surface area (TPSA) is 121 Å². The number of esters is 1. The van der Waals surface area contributed by atoms with Crippen molar-refractivity contribution >= 4 is 35.0 Å². The number of anilines is 1. The van der Waals surface area contributed by atoms with Gasteiger partial charge in [0.05, 0.1) is 22.1 Å². The van der Waals surface area contributed by atoms with Gasteiger partial charge in [-0.2, -0.15) is 0 Å². The van der Waals surface area contributed by atoms with Crippen LogP contribution in [0.3, 0.4) is 0 Å². The fourth-order valence-electron chi connectivity index (χ4n) is 2.02. The predicted octanol–water partition coefficient (Wildman–Crippen LogP) is 3.23. The van der Waals surface area contributed by atoms with E-state index < -0.39 is 22.9 Å². The maximum Gasteiger partial charge on any atom is 0.339 e. The molecule has 9 nitrogen and oxygen atoms in total. The summed E-state index contributed by atoms with van der Waals surface area (Å²) in [6.45, 7) is 3.29. The van der Waals surface area contributed by atoms with Gasteiger partial charge in [-0.1, -0.05) is 11.6 Å². The molecular formula is C17H16ClN3O6. The lowest BCUT2D eigenvalue weighted by Crippen LogP contribution is -2.30. The van der Waals surface area contributed by atoms with Crippen LogP contribution in [0.4, 0.5) is 11.5 Å². The Labute approximate surface area is 159 Å². The van der Waals surface area contributed by atoms with Gasteiger partial charge in [-0.25, -0.2) is 9.78 Å². The van der Waals surface area contributed by atoms with Crippen molar-refractivity contribution in [2.24, 2.45) is 0 Å². The molecule has 1 amide bonds. The van der Waals surface area contributed by atoms with Gasteiger partial charge in [-0.15, -0.1) is 0 Å². The molecule has 0 radical (unpaired) electrons. The third kappa shape index (κ3) is 5.38. The van der Waals surface area contributed by atoms with Crippen molar-refractivity contribution in [2.45, 2.75) is 20.0 Å². The van der Waals surface area contributed by atoms with E-state index in [9.17, 15) is 19.7 Å². The summed E-state index contributed by atoms with van der Waals surface area (Å²) in [7, 11) is 0. The summed E-state index contributed by atoms with van der Waals surface area (Å²) in [5, 5.41) is 14.0. The number of nitrogens with one attached hydrogen (secondary N) is 1. The van der Waals surface area contributed by atoms with Crippen LogP contribution in [0.25, 0.3) is 0 Å². The van der Waals surface area contributed by atoms with E-state index in [0.29, 0.717) is 5.02 Å². The molecule has 1 heterocycles. The molecule has 2 aromatic rings. The summed E-state index contributed by atoms with van der Waals surface area (Å²) in [6.07, 6.45) is 0.202. The molecule has 0 fully saturated rings. The normalized spacial score (nSPS) is 11.4. The van der Waals surface area contributed by atoms with Gasteiger partial charge < -0.3 is 14.8 Å². The molecule has 0 unspecified atom stereocenters. The van der Waals surface area contributed by atoms with Crippen molar-refractivity contribution in [1.29, 1.82) is 0 Å². The van der Waals surface area contributed by atoms with Crippen LogP contribution in [0, 0.1) is 10.1 Å². The monoisotopic (exact) mass is 393 g/mol. The second-order valence-corrected chi connectivity index (χ2v) is 5.71. The number of halogens is 1. The van der Waals surface area contributed by atoms with Crippen LogP contribution in [0.15, 0.2) is 36.5 Å². The minimum atomic E-state index is -1.15. The number of carbonyl (C=O) groups is 2. The maximum atomic E-state index is 12.2. The largest absolute Gasteiger partial charge is 0.487 e. The van der Waals surface area contributed by atoms with Crippen molar-refractivity contribution < 1.29 is 24.0 Å². The summed E-state index contributed by atoms with van der Waals surface area (Å²) in [6, 6.07) is 6.70. The van der Waals surface area contributed by atoms with Gasteiger partial charge in [0.2, 0.25) is 0 Å². The van der Waals surface area contributed by atoms with E-state index in [4.69, 9.17) is 21.1 Å². The average Bonchev–Trinajstić information content (AvgIpc) is 2.63. The van der Waals surface area contributed by atoms with Crippen LogP contribution in [0.2, 0.25) is 5.02 Å². The number of aromatic nitrogens is 1. The maximum absolute atomic E-state index is 12.2. The Hall–Kier alpha value is -3.20. The quantitative estimate of drug-likeness (QED) is 0.435. The van der Waals surface area contributed by atoms with Crippen LogP contribution in [0.1, 0.15) is 24.2 Å². The van der Waals surface area contributed by atoms with Crippen LogP contribution < -0.4 is 10.1 Å². The molecule has 0 spiro atoms. The zero-order chi connectivity index (χ0) is 20.0. The Morgan fingerprint density at radius 3 is 2.67 bits per heavy atom. The predicted molar refractivity (Wildman–Crippen MR) is 97.0 cm³/mol. The molecule has 142 valence electrons. The van der Waals surface area contributed by atoms with Crippen LogP contribution in [0.5, 0.6) is 5.75 Å². The van der Waals surface area contributed by atoms with E-state index in [1.165, 1.54) is 31.3 Å². The van der Waals surface area contributed by atoms with Gasteiger partial charge in [-0.3, -0.25) is 14.9 Å². The van der Waals surface area contributed by atoms with Crippen LogP contribution in [-0.4, -0.2) is 34.5 Å². The molecule has 0 bridgehead atoms. The van der Waals surface area contributed by atoms with Gasteiger partial charge in [0.25, 0.3) is 5.91 Å². The third-order valence-corrected chi connectivity index (χ3v) is 3.55. The fourth-order valence-corrected chi connectivity index (χ4v) is 2.14. The molecule has 0 saturated carbocycles. The van der Waals surface area contributed by atoms with Crippen molar-refractivity contribution in [3.63, 3.8) is 0 Å². The molecule has 0 aliphatic carbocycles. The number of ether oxygens (including phenoxy) is 2. The zero-order valence-electron chi connectivity index (χ0n) is 14.5. The second-order valence-electron chi connectivity index (χ2n) is 5.27. The van der Waals surface area contributed by atoms with E-state index >= 15 is 0 Å². The summed E-state index contributed by atoms with van der Waals surface area (Å²) in [5.41, 5.74) is -0.441. The number of nitro groups is 1. The fraction of sp³-hybridized carbons (Fsp3) is 0.235. The Kier molecular flexibility index (Phi) is 6.67. The SMILES string of the molecule is CCOc1ccc(C(=O)O[C@H](C)C(=O)Nc2ccc(Cl)cn2)cc1[N+](=O)[O-]. The summed E-state index contributed by atoms with van der Waals surface area (Å²) in [4.78, 5) is 38.7. The highest BCUT2D eigenvalue weighted by atomic mass is 35.5. The molecule has 1 aromatic heterocycles. The van der Waals surface area contributed by atoms with Gasteiger partial charge in [0, 0.05) is 12.3 Å². The van der Waals surface area contributed by atoms with E-state index in [-0.39, 0.29) is 29.4 Å². The molecule has 0 aliphatic rings. The molecular weight excluding hydrogens is 378 g/mol. The number of amides is 1. The van der Waals surface area contributed by atoms with E-state index in [2.05, 4.69) is 10.3 Å². The van der Waals surface area contributed by atoms with Gasteiger partial charge in [0.15, 0.2) is 11.9 Å². The number of benzene rings is 1. The minimum Gasteiger partial charge on any atom is -0.487 e. The molecule has 27 heavy (non-hydrogen) atoms. The minimum absolute atomic E-state index is 0.0404. The standard InChI is InChI=1S/C17H16ClN3O6/c1-3-26-14-6-4-11(8-13(14)21(24)25)17(23)27-10(2)16(22)20-15-7-5-12(18)9-19-15/h4-10H,3H2,1-2H3,(H,19,20,22)/t10-/m1/s1. The molecule has 1 aromatic carbocycles. The summed E-state index contributed by atoms with van der Waals surface area (Å²) < 4.78 is 10.2. The Morgan fingerprint density at radius 1 is 1.33 bits per heavy atom. The van der Waals surface area contributed by atoms with E-state index in [1.54, 1.807) is 13.0 Å². The van der Waals surface area contributed by atoms with E-state index in [1.807, 2.05) is 0 Å². The molecule has 2 rings (SSSR count). The van der Waals surface area contributed by atoms with Crippen molar-refractivity contribution in [2.75, 3.05) is 11.9 Å². The van der Waals surface area contributed by atoms with Crippen molar-refractivity contribution in [1.82, 2.24) is 4.98 Å². The van der Waals surface area contributed by atoms with E-state index in [0.717, 1.165) is 6.07 Å². The smallest absolute Gasteiger partial charge is 0.339 e. The first-order valence-electron chi connectivity index (χ1n) is 7.86. The highest BCUT2D eigenvalue weighted by molar-refractivity contribution is 6.30. The first-order valence-corrected chi connectivity index (χ1v) is 8.24. The highest BCUT2D eigenvalue weighted by Gasteiger charge is 2.23. The second kappa shape index (κ2) is 8.95. The lowest BCUT2D eigenvalue weighted by molar-refractivity contribution is -0.385. The number of nitro benzene ring substituents is 1. The molecule has 1 atom stereocenters. The number of pyridine rings is 1. The molecule has 0 saturated heterocycles. The zero-order valence-corrected chi connectivity index (χ0v) is 15.2. The van der Waals surface area contributed by atoms with Gasteiger partial charge >= 0.3 is 11.7 Å². The number of carbonyl (C=O) groups excluding carboxylic acids is 2. The van der Waals surface area contributed by atoms with Crippen LogP contribution >= 0.6 is 11.6 Å². The number of hydrogen-bond acceptors (Lipinski definition) is 7. The Morgan fingerprint density at radius 2 is 2.07 bits per heavy atom. The first kappa shape index (κ1) is 20.1. The van der Waals surface area contributed by atoms with Gasteiger partial charge in [-0.05, 0) is 38.1 Å². The lowest BCUT2D eigenvalue weighted by atomic mass is 10.2.